The summed E-state index contributed by atoms with van der Waals surface area (Å²) in [6.07, 6.45) is 8.12. The summed E-state index contributed by atoms with van der Waals surface area (Å²) < 4.78 is 13.2. The van der Waals surface area contributed by atoms with Crippen LogP contribution in [0, 0.1) is 6.92 Å². The Hall–Kier alpha value is -1.72. The Labute approximate surface area is 149 Å². The second kappa shape index (κ2) is 7.67. The molecule has 2 aromatic rings. The predicted molar refractivity (Wildman–Crippen MR) is 96.6 cm³/mol. The van der Waals surface area contributed by atoms with Crippen LogP contribution in [-0.2, 0) is 16.0 Å². The quantitative estimate of drug-likeness (QED) is 0.850. The fourth-order valence-electron chi connectivity index (χ4n) is 3.93. The average Bonchev–Trinajstić information content (AvgIpc) is 3.11. The largest absolute Gasteiger partial charge is 0.381 e. The lowest BCUT2D eigenvalue weighted by atomic mass is 9.89. The van der Waals surface area contributed by atoms with Crippen LogP contribution in [0.2, 0.25) is 0 Å². The van der Waals surface area contributed by atoms with E-state index >= 15 is 0 Å². The van der Waals surface area contributed by atoms with Crippen molar-refractivity contribution in [1.82, 2.24) is 15.0 Å². The predicted octanol–water partition coefficient (Wildman–Crippen LogP) is 3.72. The third kappa shape index (κ3) is 3.93. The van der Waals surface area contributed by atoms with Crippen molar-refractivity contribution in [2.45, 2.75) is 57.6 Å². The third-order valence-electron chi connectivity index (χ3n) is 5.42. The highest BCUT2D eigenvalue weighted by Gasteiger charge is 2.18. The Morgan fingerprint density at radius 3 is 2.76 bits per heavy atom. The van der Waals surface area contributed by atoms with Gasteiger partial charge in [0.1, 0.15) is 5.69 Å². The van der Waals surface area contributed by atoms with Gasteiger partial charge < -0.3 is 9.47 Å². The van der Waals surface area contributed by atoms with Gasteiger partial charge in [0.25, 0.3) is 0 Å². The van der Waals surface area contributed by atoms with Gasteiger partial charge in [-0.05, 0) is 56.1 Å². The molecule has 1 aromatic heterocycles. The molecule has 134 valence electrons. The first-order valence-corrected chi connectivity index (χ1v) is 9.50. The van der Waals surface area contributed by atoms with Crippen LogP contribution >= 0.6 is 0 Å². The molecule has 3 heterocycles. The molecule has 2 saturated heterocycles. The second-order valence-corrected chi connectivity index (χ2v) is 7.28. The standard InChI is InChI=1S/C20H27N3O2/c1-15-12-17(16-7-10-24-11-8-16)5-6-19(15)20-14-23(22-21-20)13-18-4-2-3-9-25-18/h5-6,12,14,16,18H,2-4,7-11,13H2,1H3. The van der Waals surface area contributed by atoms with Crippen molar-refractivity contribution in [3.8, 4) is 11.3 Å². The van der Waals surface area contributed by atoms with Crippen molar-refractivity contribution in [3.05, 3.63) is 35.5 Å². The molecule has 0 aliphatic carbocycles. The molecular weight excluding hydrogens is 314 g/mol. The normalized spacial score (nSPS) is 22.2. The minimum atomic E-state index is 0.278. The lowest BCUT2D eigenvalue weighted by molar-refractivity contribution is 0.00370. The molecule has 1 unspecified atom stereocenters. The minimum Gasteiger partial charge on any atom is -0.381 e. The van der Waals surface area contributed by atoms with Crippen molar-refractivity contribution in [1.29, 1.82) is 0 Å². The minimum absolute atomic E-state index is 0.278. The van der Waals surface area contributed by atoms with Crippen LogP contribution in [0.1, 0.15) is 49.1 Å². The van der Waals surface area contributed by atoms with Crippen LogP contribution in [0.3, 0.4) is 0 Å². The first kappa shape index (κ1) is 16.7. The summed E-state index contributed by atoms with van der Waals surface area (Å²) >= 11 is 0. The Morgan fingerprint density at radius 2 is 2.00 bits per heavy atom. The van der Waals surface area contributed by atoms with E-state index in [1.807, 2.05) is 4.68 Å². The second-order valence-electron chi connectivity index (χ2n) is 7.28. The summed E-state index contributed by atoms with van der Waals surface area (Å²) in [7, 11) is 0. The summed E-state index contributed by atoms with van der Waals surface area (Å²) in [5.74, 6) is 0.626. The van der Waals surface area contributed by atoms with E-state index in [2.05, 4.69) is 41.6 Å². The maximum absolute atomic E-state index is 5.80. The van der Waals surface area contributed by atoms with E-state index in [0.29, 0.717) is 5.92 Å². The molecule has 1 atom stereocenters. The van der Waals surface area contributed by atoms with Crippen molar-refractivity contribution >= 4 is 0 Å². The average molecular weight is 341 g/mol. The van der Waals surface area contributed by atoms with Gasteiger partial charge in [-0.3, -0.25) is 0 Å². The third-order valence-corrected chi connectivity index (χ3v) is 5.42. The molecule has 5 heteroatoms. The highest BCUT2D eigenvalue weighted by atomic mass is 16.5. The number of rotatable bonds is 4. The summed E-state index contributed by atoms with van der Waals surface area (Å²) in [6, 6.07) is 6.77. The summed E-state index contributed by atoms with van der Waals surface area (Å²) in [5, 5.41) is 8.70. The van der Waals surface area contributed by atoms with E-state index in [9.17, 15) is 0 Å². The molecule has 0 amide bonds. The molecule has 1 aromatic carbocycles. The van der Waals surface area contributed by atoms with Crippen LogP contribution in [-0.4, -0.2) is 40.9 Å². The van der Waals surface area contributed by atoms with Gasteiger partial charge in [-0.15, -0.1) is 5.10 Å². The van der Waals surface area contributed by atoms with Crippen LogP contribution in [0.4, 0.5) is 0 Å². The van der Waals surface area contributed by atoms with E-state index in [0.717, 1.165) is 51.3 Å². The van der Waals surface area contributed by atoms with E-state index in [-0.39, 0.29) is 6.10 Å². The highest BCUT2D eigenvalue weighted by Crippen LogP contribution is 2.30. The lowest BCUT2D eigenvalue weighted by Crippen LogP contribution is -2.24. The summed E-state index contributed by atoms with van der Waals surface area (Å²) in [4.78, 5) is 0. The van der Waals surface area contributed by atoms with Gasteiger partial charge in [0, 0.05) is 25.4 Å². The number of aryl methyl sites for hydroxylation is 1. The molecule has 0 bridgehead atoms. The first-order chi connectivity index (χ1) is 12.3. The zero-order chi connectivity index (χ0) is 17.1. The van der Waals surface area contributed by atoms with Crippen LogP contribution in [0.5, 0.6) is 0 Å². The topological polar surface area (TPSA) is 49.2 Å². The number of aromatic nitrogens is 3. The molecule has 2 aliphatic heterocycles. The van der Waals surface area contributed by atoms with E-state index in [4.69, 9.17) is 9.47 Å². The van der Waals surface area contributed by atoms with Crippen LogP contribution in [0.15, 0.2) is 24.4 Å². The van der Waals surface area contributed by atoms with Gasteiger partial charge in [0.05, 0.1) is 18.8 Å². The molecule has 0 N–H and O–H groups in total. The zero-order valence-electron chi connectivity index (χ0n) is 15.0. The summed E-state index contributed by atoms with van der Waals surface area (Å²) in [5.41, 5.74) is 4.82. The molecule has 5 nitrogen and oxygen atoms in total. The van der Waals surface area contributed by atoms with Gasteiger partial charge in [-0.1, -0.05) is 23.4 Å². The number of hydrogen-bond acceptors (Lipinski definition) is 4. The van der Waals surface area contributed by atoms with Crippen molar-refractivity contribution < 1.29 is 9.47 Å². The monoisotopic (exact) mass is 341 g/mol. The fraction of sp³-hybridized carbons (Fsp3) is 0.600. The molecule has 25 heavy (non-hydrogen) atoms. The molecular formula is C20H27N3O2. The molecule has 2 aliphatic rings. The maximum Gasteiger partial charge on any atom is 0.113 e. The Kier molecular flexibility index (Phi) is 5.13. The number of benzene rings is 1. The molecule has 2 fully saturated rings. The lowest BCUT2D eigenvalue weighted by Gasteiger charge is -2.23. The van der Waals surface area contributed by atoms with E-state index in [1.165, 1.54) is 29.5 Å². The van der Waals surface area contributed by atoms with Crippen LogP contribution < -0.4 is 0 Å². The zero-order valence-corrected chi connectivity index (χ0v) is 15.0. The SMILES string of the molecule is Cc1cc(C2CCOCC2)ccc1-c1cn(CC2CCCCO2)nn1. The first-order valence-electron chi connectivity index (χ1n) is 9.50. The maximum atomic E-state index is 5.80. The molecule has 0 saturated carbocycles. The van der Waals surface area contributed by atoms with Crippen molar-refractivity contribution in [3.63, 3.8) is 0 Å². The fourth-order valence-corrected chi connectivity index (χ4v) is 3.93. The van der Waals surface area contributed by atoms with Crippen molar-refractivity contribution in [2.24, 2.45) is 0 Å². The molecule has 0 radical (unpaired) electrons. The highest BCUT2D eigenvalue weighted by molar-refractivity contribution is 5.63. The molecule has 0 spiro atoms. The number of nitrogens with zero attached hydrogens (tertiary/aromatic N) is 3. The van der Waals surface area contributed by atoms with Crippen LogP contribution in [0.25, 0.3) is 11.3 Å². The Balaban J connectivity index is 1.47. The van der Waals surface area contributed by atoms with Gasteiger partial charge in [0.2, 0.25) is 0 Å². The smallest absolute Gasteiger partial charge is 0.113 e. The van der Waals surface area contributed by atoms with Gasteiger partial charge in [-0.25, -0.2) is 4.68 Å². The van der Waals surface area contributed by atoms with Gasteiger partial charge in [-0.2, -0.15) is 0 Å². The molecule has 4 rings (SSSR count). The van der Waals surface area contributed by atoms with Gasteiger partial charge in [0.15, 0.2) is 0 Å². The summed E-state index contributed by atoms with van der Waals surface area (Å²) in [6.45, 7) is 5.60. The Bertz CT molecular complexity index is 701. The van der Waals surface area contributed by atoms with E-state index in [1.54, 1.807) is 0 Å². The van der Waals surface area contributed by atoms with Crippen molar-refractivity contribution in [2.75, 3.05) is 19.8 Å². The van der Waals surface area contributed by atoms with Gasteiger partial charge >= 0.3 is 0 Å². The van der Waals surface area contributed by atoms with E-state index < -0.39 is 0 Å². The Morgan fingerprint density at radius 1 is 1.12 bits per heavy atom. The number of hydrogen-bond donors (Lipinski definition) is 0. The number of ether oxygens (including phenoxy) is 2.